The average Bonchev–Trinajstić information content (AvgIpc) is 2.46. The fourth-order valence-corrected chi connectivity index (χ4v) is 3.20. The van der Waals surface area contributed by atoms with Crippen molar-refractivity contribution in [1.29, 1.82) is 0 Å². The number of hydrogen-bond acceptors (Lipinski definition) is 4. The number of anilines is 3. The molecule has 0 bridgehead atoms. The molecule has 1 aromatic carbocycles. The summed E-state index contributed by atoms with van der Waals surface area (Å²) in [6.45, 7) is 4.02. The third-order valence-corrected chi connectivity index (χ3v) is 4.08. The van der Waals surface area contributed by atoms with Crippen molar-refractivity contribution in [2.45, 2.75) is 26.2 Å². The van der Waals surface area contributed by atoms with Crippen LogP contribution in [0.25, 0.3) is 0 Å². The van der Waals surface area contributed by atoms with E-state index >= 15 is 0 Å². The Labute approximate surface area is 140 Å². The molecule has 4 nitrogen and oxygen atoms in total. The van der Waals surface area contributed by atoms with E-state index in [2.05, 4.69) is 20.2 Å². The monoisotopic (exact) mass is 336 g/mol. The molecule has 22 heavy (non-hydrogen) atoms. The van der Waals surface area contributed by atoms with Gasteiger partial charge < -0.3 is 10.2 Å². The molecule has 1 aliphatic heterocycles. The normalized spacial score (nSPS) is 15.0. The number of aromatic nitrogens is 2. The summed E-state index contributed by atoms with van der Waals surface area (Å²) in [5, 5.41) is 4.45. The van der Waals surface area contributed by atoms with Gasteiger partial charge in [0.05, 0.1) is 0 Å². The zero-order valence-electron chi connectivity index (χ0n) is 12.4. The molecule has 3 rings (SSSR count). The Hall–Kier alpha value is -1.52. The van der Waals surface area contributed by atoms with Crippen molar-refractivity contribution in [2.75, 3.05) is 23.3 Å². The number of aryl methyl sites for hydroxylation is 1. The van der Waals surface area contributed by atoms with Crippen LogP contribution in [0.15, 0.2) is 24.3 Å². The topological polar surface area (TPSA) is 41.1 Å². The van der Waals surface area contributed by atoms with E-state index in [1.54, 1.807) is 6.07 Å². The zero-order valence-corrected chi connectivity index (χ0v) is 14.0. The average molecular weight is 337 g/mol. The standard InChI is InChI=1S/C16H18Cl2N4/c1-11-19-15(21-14-8-12(17)7-13(18)9-14)10-16(20-11)22-5-3-2-4-6-22/h7-10H,2-6H2,1H3,(H,19,20,21). The Morgan fingerprint density at radius 1 is 0.955 bits per heavy atom. The van der Waals surface area contributed by atoms with Crippen LogP contribution in [-0.4, -0.2) is 23.1 Å². The van der Waals surface area contributed by atoms with Crippen molar-refractivity contribution in [3.63, 3.8) is 0 Å². The first-order valence-corrected chi connectivity index (χ1v) is 8.19. The van der Waals surface area contributed by atoms with Gasteiger partial charge in [0.2, 0.25) is 0 Å². The van der Waals surface area contributed by atoms with Crippen LogP contribution in [0.2, 0.25) is 10.0 Å². The van der Waals surface area contributed by atoms with E-state index in [4.69, 9.17) is 23.2 Å². The summed E-state index contributed by atoms with van der Waals surface area (Å²) in [4.78, 5) is 11.3. The Kier molecular flexibility index (Phi) is 4.69. The van der Waals surface area contributed by atoms with Gasteiger partial charge in [0, 0.05) is 34.9 Å². The van der Waals surface area contributed by atoms with Crippen molar-refractivity contribution >= 4 is 40.5 Å². The second kappa shape index (κ2) is 6.71. The molecular formula is C16H18Cl2N4. The number of nitrogens with one attached hydrogen (secondary N) is 1. The quantitative estimate of drug-likeness (QED) is 0.871. The van der Waals surface area contributed by atoms with Crippen LogP contribution in [0.5, 0.6) is 0 Å². The molecule has 0 aliphatic carbocycles. The maximum absolute atomic E-state index is 6.04. The summed E-state index contributed by atoms with van der Waals surface area (Å²) in [6, 6.07) is 7.34. The third kappa shape index (κ3) is 3.81. The minimum absolute atomic E-state index is 0.594. The molecular weight excluding hydrogens is 319 g/mol. The summed E-state index contributed by atoms with van der Waals surface area (Å²) in [6.07, 6.45) is 3.73. The summed E-state index contributed by atoms with van der Waals surface area (Å²) in [5.41, 5.74) is 0.820. The molecule has 0 amide bonds. The lowest BCUT2D eigenvalue weighted by molar-refractivity contribution is 0.572. The van der Waals surface area contributed by atoms with Crippen LogP contribution in [0.4, 0.5) is 17.3 Å². The molecule has 1 fully saturated rings. The largest absolute Gasteiger partial charge is 0.356 e. The van der Waals surface area contributed by atoms with Crippen LogP contribution in [0.3, 0.4) is 0 Å². The van der Waals surface area contributed by atoms with Gasteiger partial charge in [-0.2, -0.15) is 0 Å². The van der Waals surface area contributed by atoms with Crippen molar-refractivity contribution in [3.8, 4) is 0 Å². The first kappa shape index (κ1) is 15.4. The lowest BCUT2D eigenvalue weighted by Gasteiger charge is -2.28. The summed E-state index contributed by atoms with van der Waals surface area (Å²) in [7, 11) is 0. The van der Waals surface area contributed by atoms with Gasteiger partial charge in [-0.3, -0.25) is 0 Å². The predicted octanol–water partition coefficient (Wildman–Crippen LogP) is 4.83. The molecule has 1 saturated heterocycles. The molecule has 1 aliphatic rings. The smallest absolute Gasteiger partial charge is 0.136 e. The Morgan fingerprint density at radius 3 is 2.32 bits per heavy atom. The zero-order chi connectivity index (χ0) is 15.5. The van der Waals surface area contributed by atoms with Crippen LogP contribution >= 0.6 is 23.2 Å². The van der Waals surface area contributed by atoms with Gasteiger partial charge in [-0.05, 0) is 44.4 Å². The maximum Gasteiger partial charge on any atom is 0.136 e. The molecule has 2 heterocycles. The van der Waals surface area contributed by atoms with Gasteiger partial charge in [-0.25, -0.2) is 9.97 Å². The minimum Gasteiger partial charge on any atom is -0.356 e. The molecule has 0 unspecified atom stereocenters. The van der Waals surface area contributed by atoms with Crippen molar-refractivity contribution in [3.05, 3.63) is 40.1 Å². The lowest BCUT2D eigenvalue weighted by atomic mass is 10.1. The van der Waals surface area contributed by atoms with E-state index in [0.29, 0.717) is 10.0 Å². The lowest BCUT2D eigenvalue weighted by Crippen LogP contribution is -2.30. The fourth-order valence-electron chi connectivity index (χ4n) is 2.67. The number of piperidine rings is 1. The molecule has 0 spiro atoms. The van der Waals surface area contributed by atoms with Crippen LogP contribution in [0, 0.1) is 6.92 Å². The molecule has 0 radical (unpaired) electrons. The van der Waals surface area contributed by atoms with E-state index in [9.17, 15) is 0 Å². The molecule has 1 aromatic heterocycles. The van der Waals surface area contributed by atoms with Gasteiger partial charge in [0.15, 0.2) is 0 Å². The number of nitrogens with zero attached hydrogens (tertiary/aromatic N) is 3. The molecule has 0 saturated carbocycles. The van der Waals surface area contributed by atoms with E-state index in [1.165, 1.54) is 19.3 Å². The Morgan fingerprint density at radius 2 is 1.64 bits per heavy atom. The second-order valence-corrected chi connectivity index (χ2v) is 6.36. The highest BCUT2D eigenvalue weighted by atomic mass is 35.5. The molecule has 2 aromatic rings. The van der Waals surface area contributed by atoms with E-state index in [1.807, 2.05) is 25.1 Å². The van der Waals surface area contributed by atoms with Crippen LogP contribution in [0.1, 0.15) is 25.1 Å². The Balaban J connectivity index is 1.85. The number of halogens is 2. The first-order valence-electron chi connectivity index (χ1n) is 7.44. The maximum atomic E-state index is 6.04. The molecule has 0 atom stereocenters. The Bertz CT molecular complexity index is 649. The van der Waals surface area contributed by atoms with Gasteiger partial charge >= 0.3 is 0 Å². The van der Waals surface area contributed by atoms with Crippen LogP contribution < -0.4 is 10.2 Å². The fraction of sp³-hybridized carbons (Fsp3) is 0.375. The third-order valence-electron chi connectivity index (χ3n) is 3.64. The highest BCUT2D eigenvalue weighted by Crippen LogP contribution is 2.26. The van der Waals surface area contributed by atoms with Gasteiger partial charge in [0.25, 0.3) is 0 Å². The SMILES string of the molecule is Cc1nc(Nc2cc(Cl)cc(Cl)c2)cc(N2CCCCC2)n1. The van der Waals surface area contributed by atoms with Gasteiger partial charge in [-0.15, -0.1) is 0 Å². The van der Waals surface area contributed by atoms with E-state index < -0.39 is 0 Å². The number of hydrogen-bond donors (Lipinski definition) is 1. The summed E-state index contributed by atoms with van der Waals surface area (Å²) < 4.78 is 0. The summed E-state index contributed by atoms with van der Waals surface area (Å²) in [5.74, 6) is 2.48. The number of rotatable bonds is 3. The second-order valence-electron chi connectivity index (χ2n) is 5.49. The number of benzene rings is 1. The van der Waals surface area contributed by atoms with Gasteiger partial charge in [-0.1, -0.05) is 23.2 Å². The van der Waals surface area contributed by atoms with Crippen molar-refractivity contribution in [1.82, 2.24) is 9.97 Å². The molecule has 1 N–H and O–H groups in total. The van der Waals surface area contributed by atoms with E-state index in [0.717, 1.165) is 36.2 Å². The highest BCUT2D eigenvalue weighted by molar-refractivity contribution is 6.35. The van der Waals surface area contributed by atoms with Crippen molar-refractivity contribution < 1.29 is 0 Å². The summed E-state index contributed by atoms with van der Waals surface area (Å²) >= 11 is 12.1. The molecule has 116 valence electrons. The highest BCUT2D eigenvalue weighted by Gasteiger charge is 2.14. The van der Waals surface area contributed by atoms with Crippen molar-refractivity contribution in [2.24, 2.45) is 0 Å². The van der Waals surface area contributed by atoms with Gasteiger partial charge in [0.1, 0.15) is 17.5 Å². The predicted molar refractivity (Wildman–Crippen MR) is 92.6 cm³/mol. The van der Waals surface area contributed by atoms with Crippen LogP contribution in [-0.2, 0) is 0 Å². The molecule has 6 heteroatoms. The minimum atomic E-state index is 0.594. The van der Waals surface area contributed by atoms with E-state index in [-0.39, 0.29) is 0 Å². The first-order chi connectivity index (χ1) is 10.6.